The van der Waals surface area contributed by atoms with Crippen LogP contribution in [-0.2, 0) is 49.6 Å². The predicted octanol–water partition coefficient (Wildman–Crippen LogP) is 1.07. The molecular weight excluding hydrogens is 1040 g/mol. The number of ether oxygens (including phenoxy) is 1. The molecule has 1 aliphatic heterocycles. The van der Waals surface area contributed by atoms with E-state index in [9.17, 15) is 5.11 Å². The second-order valence-electron chi connectivity index (χ2n) is 5.91. The molecule has 15 heteroatoms. The summed E-state index contributed by atoms with van der Waals surface area (Å²) >= 11 is 4.36. The molecule has 1 heterocycles. The normalized spacial score (nSPS) is 27.7. The minimum atomic E-state index is -1.58. The van der Waals surface area contributed by atoms with E-state index < -0.39 is 62.2 Å². The summed E-state index contributed by atoms with van der Waals surface area (Å²) in [4.78, 5) is 0. The molecule has 1 fully saturated rings. The van der Waals surface area contributed by atoms with Crippen molar-refractivity contribution in [2.45, 2.75) is 50.2 Å². The third-order valence-corrected chi connectivity index (χ3v) is 11.3. The van der Waals surface area contributed by atoms with Gasteiger partial charge in [0, 0.05) is 54.6 Å². The molecule has 26 heavy (non-hydrogen) atoms. The third kappa shape index (κ3) is 12.0. The van der Waals surface area contributed by atoms with Crippen LogP contribution in [0, 0.1) is 11.5 Å². The van der Waals surface area contributed by atoms with Gasteiger partial charge in [-0.1, -0.05) is 0 Å². The zero-order valence-electron chi connectivity index (χ0n) is 14.6. The van der Waals surface area contributed by atoms with E-state index in [0.717, 1.165) is 4.00 Å². The number of aliphatic hydroxyl groups is 1. The van der Waals surface area contributed by atoms with Crippen LogP contribution in [0.5, 0.6) is 0 Å². The summed E-state index contributed by atoms with van der Waals surface area (Å²) in [5.74, 6) is 3.17. The fourth-order valence-corrected chi connectivity index (χ4v) is 8.99. The minimum absolute atomic E-state index is 0. The quantitative estimate of drug-likeness (QED) is 0.147. The van der Waals surface area contributed by atoms with Crippen molar-refractivity contribution >= 4 is 140 Å². The Labute approximate surface area is 225 Å². The summed E-state index contributed by atoms with van der Waals surface area (Å²) in [5, 5.41) is 9.72. The van der Waals surface area contributed by atoms with E-state index in [1.165, 1.54) is 0 Å². The summed E-state index contributed by atoms with van der Waals surface area (Å²) in [5.41, 5.74) is 3.30. The molecule has 1 N–H and O–H groups in total. The Morgan fingerprint density at radius 1 is 1.19 bits per heavy atom. The van der Waals surface area contributed by atoms with Gasteiger partial charge in [0.15, 0.2) is 0 Å². The summed E-state index contributed by atoms with van der Waals surface area (Å²) < 4.78 is 24.3. The maximum absolute atomic E-state index is 9.72. The van der Waals surface area contributed by atoms with Gasteiger partial charge in [-0.25, -0.2) is 0 Å². The van der Waals surface area contributed by atoms with E-state index in [1.54, 1.807) is 0 Å². The van der Waals surface area contributed by atoms with Gasteiger partial charge in [0.05, 0.1) is 0 Å². The van der Waals surface area contributed by atoms with Crippen LogP contribution in [-0.4, -0.2) is 128 Å². The molecule has 5 atom stereocenters. The van der Waals surface area contributed by atoms with Crippen molar-refractivity contribution in [3.05, 3.63) is 0 Å². The number of aliphatic hydroxyl groups excluding tert-OH is 1. The summed E-state index contributed by atoms with van der Waals surface area (Å²) in [6, 6.07) is 0. The number of hydrogen-bond donors (Lipinski definition) is 1. The van der Waals surface area contributed by atoms with Crippen molar-refractivity contribution in [1.29, 1.82) is 0 Å². The first-order valence-electron chi connectivity index (χ1n) is 6.97. The van der Waals surface area contributed by atoms with Gasteiger partial charge in [-0.15, -0.1) is 0 Å². The smallest absolute Gasteiger partial charge is 0 e. The van der Waals surface area contributed by atoms with E-state index >= 15 is 0 Å². The second-order valence-corrected chi connectivity index (χ2v) is 24.3. The van der Waals surface area contributed by atoms with Gasteiger partial charge >= 0.3 is 174 Å². The molecule has 0 aromatic rings. The molecule has 0 bridgehead atoms. The van der Waals surface area contributed by atoms with E-state index in [0.29, 0.717) is 22.0 Å². The van der Waals surface area contributed by atoms with Crippen LogP contribution in [0.2, 0.25) is 19.6 Å². The molecule has 0 spiro atoms. The fraction of sp³-hybridized carbons (Fsp3) is 0.818. The maximum Gasteiger partial charge on any atom is 0 e. The first-order chi connectivity index (χ1) is 11.4. The van der Waals surface area contributed by atoms with Crippen molar-refractivity contribution in [3.63, 3.8) is 0 Å². The Morgan fingerprint density at radius 2 is 1.77 bits per heavy atom. The fourth-order valence-electron chi connectivity index (χ4n) is 2.07. The maximum atomic E-state index is 9.72. The van der Waals surface area contributed by atoms with Crippen molar-refractivity contribution < 1.29 is 20.9 Å². The van der Waals surface area contributed by atoms with Gasteiger partial charge in [-0.3, -0.25) is 0 Å². The van der Waals surface area contributed by atoms with Gasteiger partial charge in [-0.05, 0) is 0 Å². The Kier molecular flexibility index (Phi) is 22.7. The molecular formula is C11H19O5P3S3SiTl3-. The Morgan fingerprint density at radius 3 is 2.23 bits per heavy atom. The van der Waals surface area contributed by atoms with Crippen molar-refractivity contribution in [2.75, 3.05) is 6.61 Å². The van der Waals surface area contributed by atoms with Gasteiger partial charge < -0.3 is 0 Å². The first-order valence-corrected chi connectivity index (χ1v) is 24.2. The van der Waals surface area contributed by atoms with E-state index in [1.807, 2.05) is 0 Å². The second kappa shape index (κ2) is 18.0. The van der Waals surface area contributed by atoms with Crippen molar-refractivity contribution in [1.82, 2.24) is 0 Å². The Bertz CT molecular complexity index is 641. The van der Waals surface area contributed by atoms with Crippen LogP contribution >= 0.6 is 19.6 Å². The molecule has 1 rings (SSSR count). The summed E-state index contributed by atoms with van der Waals surface area (Å²) in [6.07, 6.45) is -2.36. The number of rotatable bonds is 5. The monoisotopic (exact) mass is 1060 g/mol. The predicted molar refractivity (Wildman–Crippen MR) is 124 cm³/mol. The van der Waals surface area contributed by atoms with Crippen LogP contribution in [0.3, 0.4) is 0 Å². The van der Waals surface area contributed by atoms with Crippen LogP contribution in [0.15, 0.2) is 0 Å². The van der Waals surface area contributed by atoms with Crippen LogP contribution in [0.1, 0.15) is 0 Å². The molecule has 2 radical (unpaired) electrons. The van der Waals surface area contributed by atoms with Gasteiger partial charge in [0.1, 0.15) is 0 Å². The van der Waals surface area contributed by atoms with Crippen molar-refractivity contribution in [3.8, 4) is 11.5 Å². The molecule has 0 aromatic heterocycles. The first kappa shape index (κ1) is 32.7. The minimum Gasteiger partial charge on any atom is 0 e. The van der Waals surface area contributed by atoms with Gasteiger partial charge in [-0.2, -0.15) is 0 Å². The molecule has 0 unspecified atom stereocenters. The average Bonchev–Trinajstić information content (AvgIpc) is 2.53. The van der Waals surface area contributed by atoms with Crippen molar-refractivity contribution in [2.24, 2.45) is 0 Å². The zero-order chi connectivity index (χ0) is 18.2. The van der Waals surface area contributed by atoms with E-state index in [-0.39, 0.29) is 61.2 Å². The van der Waals surface area contributed by atoms with Crippen LogP contribution in [0.25, 0.3) is 0 Å². The molecule has 1 aliphatic rings. The molecule has 140 valence electrons. The number of thiol groups is 2. The molecule has 0 aliphatic carbocycles. The van der Waals surface area contributed by atoms with E-state index in [4.69, 9.17) is 27.6 Å². The van der Waals surface area contributed by atoms with Crippen LogP contribution < -0.4 is 0 Å². The number of hydrogen-bond acceptors (Lipinski definition) is 8. The third-order valence-electron chi connectivity index (χ3n) is 3.00. The standard InChI is InChI=1S/C11H19O5P2S2Si.PS.3Tl/c1-21(2,3)5-4-7-10(15-19-17)11(16-20-18)9(13)8(6-12)14-7;1-2;;;/h7-12,19-20H,6H2,1-3H3;;;;/q-3;-1;;;+3/t7-,8-,9-,10-,11+;;;;/m1..../s1. The summed E-state index contributed by atoms with van der Waals surface area (Å²) in [6.45, 7) is 6.29. The Hall–Kier alpha value is 4.55. The molecule has 0 saturated carbocycles. The average molecular weight is 1060 g/mol. The van der Waals surface area contributed by atoms with Gasteiger partial charge in [0.2, 0.25) is 0 Å². The van der Waals surface area contributed by atoms with Crippen LogP contribution in [0.4, 0.5) is 0 Å². The van der Waals surface area contributed by atoms with Gasteiger partial charge in [0.25, 0.3) is 0 Å². The topological polar surface area (TPSA) is 57.2 Å². The molecule has 1 saturated heterocycles. The van der Waals surface area contributed by atoms with E-state index in [2.05, 4.69) is 46.7 Å². The SMILES string of the molecule is C[Si](C)(C)C#C[C@H]1O[C@H](CO)[C@@H]([O][Tl]=[P+]=S)[C@H](O[SH-]#P)[C@@H]1O[SH-]#P.[Tl].[Tl]. The largest absolute Gasteiger partial charge is 0 e. The zero-order valence-corrected chi connectivity index (χ0v) is 34.3. The Balaban J connectivity index is 0. The molecule has 0 amide bonds. The molecule has 5 nitrogen and oxygen atoms in total. The molecule has 0 aromatic carbocycles. The summed E-state index contributed by atoms with van der Waals surface area (Å²) in [7, 11) is 6.69.